The molecule has 1 nitrogen and oxygen atoms in total. The molecule has 0 radical (unpaired) electrons. The summed E-state index contributed by atoms with van der Waals surface area (Å²) in [6, 6.07) is 14.7. The van der Waals surface area contributed by atoms with Crippen LogP contribution in [0.1, 0.15) is 23.6 Å². The van der Waals surface area contributed by atoms with Crippen molar-refractivity contribution < 1.29 is 4.74 Å². The van der Waals surface area contributed by atoms with Gasteiger partial charge in [-0.2, -0.15) is 0 Å². The molecule has 2 aromatic carbocycles. The van der Waals surface area contributed by atoms with Crippen LogP contribution in [-0.4, -0.2) is 6.61 Å². The molecule has 94 valence electrons. The molecule has 0 spiro atoms. The fourth-order valence-corrected chi connectivity index (χ4v) is 2.33. The first kappa shape index (κ1) is 13.2. The van der Waals surface area contributed by atoms with Crippen molar-refractivity contribution in [2.24, 2.45) is 0 Å². The lowest BCUT2D eigenvalue weighted by Crippen LogP contribution is -1.94. The maximum atomic E-state index is 5.45. The standard InChI is InChI=1S/C16H17BrO/c1-3-18-16-8-5-13(6-9-16)10-14-11-15(17)7-4-12(14)2/h4-9,11H,3,10H2,1-2H3. The lowest BCUT2D eigenvalue weighted by atomic mass is 10.0. The molecule has 0 aliphatic carbocycles. The summed E-state index contributed by atoms with van der Waals surface area (Å²) in [6.07, 6.45) is 0.956. The molecule has 0 unspecified atom stereocenters. The third-order valence-electron chi connectivity index (χ3n) is 2.94. The topological polar surface area (TPSA) is 9.23 Å². The van der Waals surface area contributed by atoms with Gasteiger partial charge in [-0.3, -0.25) is 0 Å². The van der Waals surface area contributed by atoms with Gasteiger partial charge in [0.1, 0.15) is 5.75 Å². The lowest BCUT2D eigenvalue weighted by Gasteiger charge is -2.08. The summed E-state index contributed by atoms with van der Waals surface area (Å²) in [5.41, 5.74) is 3.99. The van der Waals surface area contributed by atoms with Crippen molar-refractivity contribution in [1.29, 1.82) is 0 Å². The summed E-state index contributed by atoms with van der Waals surface area (Å²) < 4.78 is 6.58. The van der Waals surface area contributed by atoms with Crippen LogP contribution in [0.25, 0.3) is 0 Å². The van der Waals surface area contributed by atoms with Crippen molar-refractivity contribution in [1.82, 2.24) is 0 Å². The molecule has 0 saturated heterocycles. The van der Waals surface area contributed by atoms with Gasteiger partial charge >= 0.3 is 0 Å². The molecule has 2 aromatic rings. The zero-order valence-corrected chi connectivity index (χ0v) is 12.3. The van der Waals surface area contributed by atoms with Gasteiger partial charge in [-0.05, 0) is 61.2 Å². The zero-order valence-electron chi connectivity index (χ0n) is 10.7. The molecule has 0 aliphatic rings. The highest BCUT2D eigenvalue weighted by Gasteiger charge is 2.02. The largest absolute Gasteiger partial charge is 0.494 e. The fourth-order valence-electron chi connectivity index (χ4n) is 1.92. The minimum absolute atomic E-state index is 0.712. The summed E-state index contributed by atoms with van der Waals surface area (Å²) in [6.45, 7) is 4.86. The average Bonchev–Trinajstić information content (AvgIpc) is 2.37. The summed E-state index contributed by atoms with van der Waals surface area (Å²) in [4.78, 5) is 0. The number of benzene rings is 2. The summed E-state index contributed by atoms with van der Waals surface area (Å²) >= 11 is 3.52. The second kappa shape index (κ2) is 6.05. The van der Waals surface area contributed by atoms with E-state index in [4.69, 9.17) is 4.74 Å². The van der Waals surface area contributed by atoms with Gasteiger partial charge in [0.15, 0.2) is 0 Å². The molecule has 0 saturated carbocycles. The first-order valence-corrected chi connectivity index (χ1v) is 6.95. The monoisotopic (exact) mass is 304 g/mol. The minimum Gasteiger partial charge on any atom is -0.494 e. The fraction of sp³-hybridized carbons (Fsp3) is 0.250. The predicted octanol–water partition coefficient (Wildman–Crippen LogP) is 4.75. The van der Waals surface area contributed by atoms with Crippen molar-refractivity contribution in [3.8, 4) is 5.75 Å². The maximum Gasteiger partial charge on any atom is 0.119 e. The van der Waals surface area contributed by atoms with E-state index in [1.54, 1.807) is 0 Å². The lowest BCUT2D eigenvalue weighted by molar-refractivity contribution is 0.340. The quantitative estimate of drug-likeness (QED) is 0.792. The molecular weight excluding hydrogens is 288 g/mol. The number of halogens is 1. The third-order valence-corrected chi connectivity index (χ3v) is 3.43. The molecule has 0 aliphatic heterocycles. The Labute approximate surface area is 117 Å². The van der Waals surface area contributed by atoms with E-state index in [-0.39, 0.29) is 0 Å². The van der Waals surface area contributed by atoms with Gasteiger partial charge in [0, 0.05) is 4.47 Å². The van der Waals surface area contributed by atoms with Gasteiger partial charge in [-0.25, -0.2) is 0 Å². The number of ether oxygens (including phenoxy) is 1. The van der Waals surface area contributed by atoms with Gasteiger partial charge in [0.25, 0.3) is 0 Å². The van der Waals surface area contributed by atoms with E-state index in [1.165, 1.54) is 16.7 Å². The van der Waals surface area contributed by atoms with Crippen LogP contribution in [0.5, 0.6) is 5.75 Å². The molecule has 0 atom stereocenters. The molecule has 18 heavy (non-hydrogen) atoms. The van der Waals surface area contributed by atoms with E-state index in [9.17, 15) is 0 Å². The van der Waals surface area contributed by atoms with Gasteiger partial charge in [0.2, 0.25) is 0 Å². The van der Waals surface area contributed by atoms with Gasteiger partial charge in [-0.1, -0.05) is 34.1 Å². The molecule has 0 fully saturated rings. The molecular formula is C16H17BrO. The van der Waals surface area contributed by atoms with Crippen LogP contribution in [0.3, 0.4) is 0 Å². The van der Waals surface area contributed by atoms with E-state index in [0.29, 0.717) is 6.61 Å². The van der Waals surface area contributed by atoms with Crippen LogP contribution in [0, 0.1) is 6.92 Å². The Bertz CT molecular complexity index is 517. The second-order valence-corrected chi connectivity index (χ2v) is 5.24. The second-order valence-electron chi connectivity index (χ2n) is 4.32. The normalized spacial score (nSPS) is 10.4. The van der Waals surface area contributed by atoms with E-state index in [1.807, 2.05) is 19.1 Å². The highest BCUT2D eigenvalue weighted by atomic mass is 79.9. The van der Waals surface area contributed by atoms with Crippen molar-refractivity contribution in [2.75, 3.05) is 6.61 Å². The zero-order chi connectivity index (χ0) is 13.0. The first-order chi connectivity index (χ1) is 8.69. The molecule has 0 heterocycles. The minimum atomic E-state index is 0.712. The highest BCUT2D eigenvalue weighted by Crippen LogP contribution is 2.20. The van der Waals surface area contributed by atoms with Crippen molar-refractivity contribution in [2.45, 2.75) is 20.3 Å². The maximum absolute atomic E-state index is 5.45. The molecule has 0 amide bonds. The van der Waals surface area contributed by atoms with Crippen LogP contribution in [0.15, 0.2) is 46.9 Å². The smallest absolute Gasteiger partial charge is 0.119 e. The SMILES string of the molecule is CCOc1ccc(Cc2cc(Br)ccc2C)cc1. The van der Waals surface area contributed by atoms with Gasteiger partial charge in [0.05, 0.1) is 6.61 Å². The van der Waals surface area contributed by atoms with E-state index < -0.39 is 0 Å². The van der Waals surface area contributed by atoms with Crippen molar-refractivity contribution >= 4 is 15.9 Å². The van der Waals surface area contributed by atoms with E-state index in [2.05, 4.69) is 53.2 Å². The van der Waals surface area contributed by atoms with E-state index in [0.717, 1.165) is 16.6 Å². The summed E-state index contributed by atoms with van der Waals surface area (Å²) in [7, 11) is 0. The van der Waals surface area contributed by atoms with Crippen LogP contribution < -0.4 is 4.74 Å². The Morgan fingerprint density at radius 2 is 1.78 bits per heavy atom. The number of rotatable bonds is 4. The number of hydrogen-bond acceptors (Lipinski definition) is 1. The average molecular weight is 305 g/mol. The van der Waals surface area contributed by atoms with Gasteiger partial charge < -0.3 is 4.74 Å². The van der Waals surface area contributed by atoms with E-state index >= 15 is 0 Å². The Morgan fingerprint density at radius 1 is 1.06 bits per heavy atom. The summed E-state index contributed by atoms with van der Waals surface area (Å²) in [5.74, 6) is 0.937. The molecule has 0 bridgehead atoms. The van der Waals surface area contributed by atoms with Crippen LogP contribution in [0.4, 0.5) is 0 Å². The Hall–Kier alpha value is -1.28. The number of aryl methyl sites for hydroxylation is 1. The third kappa shape index (κ3) is 3.36. The highest BCUT2D eigenvalue weighted by molar-refractivity contribution is 9.10. The first-order valence-electron chi connectivity index (χ1n) is 6.16. The molecule has 2 heteroatoms. The molecule has 2 rings (SSSR count). The van der Waals surface area contributed by atoms with Crippen LogP contribution in [-0.2, 0) is 6.42 Å². The number of hydrogen-bond donors (Lipinski definition) is 0. The van der Waals surface area contributed by atoms with Crippen molar-refractivity contribution in [3.63, 3.8) is 0 Å². The van der Waals surface area contributed by atoms with Gasteiger partial charge in [-0.15, -0.1) is 0 Å². The Balaban J connectivity index is 2.15. The van der Waals surface area contributed by atoms with Crippen LogP contribution in [0.2, 0.25) is 0 Å². The Kier molecular flexibility index (Phi) is 4.43. The van der Waals surface area contributed by atoms with Crippen LogP contribution >= 0.6 is 15.9 Å². The Morgan fingerprint density at radius 3 is 2.44 bits per heavy atom. The predicted molar refractivity (Wildman–Crippen MR) is 79.3 cm³/mol. The molecule has 0 N–H and O–H groups in total. The molecule has 0 aromatic heterocycles. The summed E-state index contributed by atoms with van der Waals surface area (Å²) in [5, 5.41) is 0. The van der Waals surface area contributed by atoms with Crippen molar-refractivity contribution in [3.05, 3.63) is 63.6 Å².